The summed E-state index contributed by atoms with van der Waals surface area (Å²) in [5.74, 6) is -4.16. The number of hydroxylamine groups is 2. The van der Waals surface area contributed by atoms with Gasteiger partial charge in [-0.1, -0.05) is 27.7 Å². The number of halogens is 5. The second-order valence-electron chi connectivity index (χ2n) is 31.6. The molecule has 5 atom stereocenters. The third-order valence-electron chi connectivity index (χ3n) is 21.6. The van der Waals surface area contributed by atoms with Gasteiger partial charge in [-0.15, -0.1) is 0 Å². The largest absolute Gasteiger partial charge is 0.497 e. The van der Waals surface area contributed by atoms with Gasteiger partial charge in [0.2, 0.25) is 5.91 Å². The number of ketones is 2. The Balaban J connectivity index is 0.000000581. The highest BCUT2D eigenvalue weighted by molar-refractivity contribution is 14.1. The number of hydrogen-bond donors (Lipinski definition) is 0. The molecule has 5 unspecified atom stereocenters. The third kappa shape index (κ3) is 37.7. The number of carbonyl (C=O) groups excluding carboxylic acids is 7. The second kappa shape index (κ2) is 67.1. The number of aldehydes is 1. The Morgan fingerprint density at radius 2 is 0.797 bits per heavy atom. The maximum Gasteiger partial charge on any atom is 0.344 e. The van der Waals surface area contributed by atoms with Crippen molar-refractivity contribution < 1.29 is 141 Å². The third-order valence-corrected chi connectivity index (χ3v) is 24.9. The second-order valence-corrected chi connectivity index (χ2v) is 35.0. The van der Waals surface area contributed by atoms with Gasteiger partial charge in [0.05, 0.1) is 103 Å². The van der Waals surface area contributed by atoms with E-state index in [9.17, 15) is 71.5 Å². The first-order valence-electron chi connectivity index (χ1n) is 46.0. The standard InChI is InChI=1S/C19H22FN3O4.C18H17FN4O.C17H16FN3O3.C12H9FIN3O.C9H19NO4.C9H19O5P.C9H18O4.C9H16O4/c1-11(8-17(26-4)27-5)19(24)18-14(10-21)12(2)22-23(18)16-7-6-13(25-3)9-15(16)20;1-11-7-8-22(3)17(11)18-14(10-20)12(2)21-23(18)16-6-5-13(24-4)9-15(16)19;1-10(6-7-22)17(23)16-13(9-19)11(2)20-21(16)15-5-4-12(24-3)8-14(15)18;1-7-9(6-15)12(14)17(16-7)11-4-3-8(18-2)5-10(11)13;1-7(6-8(12-3)13-4)9(11)10(2)14-5;1-5-12-9(10)8(4)15(11,13-6-2)14-7-3;2*1-5-13-9(10)7(2)6-8(11-3)12-4/h6-7,9,11,17H,8H2,1-5H3;5-9H,1-4H3;4-5,7-8,10H,6H2,1-3H3;3-5H,1-2H3;7-8H,6H2,1-5H3;8H,5-7H2,1-4H3;7-8H,5-6H2,1-4H3;6,8H,5H2,1-4H3/b;;;;;;;7-6+. The summed E-state index contributed by atoms with van der Waals surface area (Å²) in [4.78, 5) is 86.4. The van der Waals surface area contributed by atoms with Gasteiger partial charge in [0.1, 0.15) is 119 Å². The molecule has 0 saturated carbocycles. The van der Waals surface area contributed by atoms with Crippen LogP contribution in [0.2, 0.25) is 0 Å². The number of ether oxygens (including phenoxy) is 15. The van der Waals surface area contributed by atoms with Crippen molar-refractivity contribution in [2.45, 2.75) is 167 Å². The van der Waals surface area contributed by atoms with Crippen molar-refractivity contribution in [3.63, 3.8) is 0 Å². The number of esters is 3. The van der Waals surface area contributed by atoms with E-state index in [1.54, 1.807) is 162 Å². The molecule has 4 aromatic carbocycles. The molecule has 0 fully saturated rings. The van der Waals surface area contributed by atoms with Gasteiger partial charge in [0.25, 0.3) is 0 Å². The van der Waals surface area contributed by atoms with Crippen LogP contribution in [0.1, 0.15) is 173 Å². The zero-order chi connectivity index (χ0) is 112. The van der Waals surface area contributed by atoms with E-state index in [1.807, 2.05) is 72.5 Å². The molecular formula is C102H136F4IN14O26P. The Labute approximate surface area is 875 Å². The normalized spacial score (nSPS) is 11.9. The average Bonchev–Trinajstić information content (AvgIpc) is 1.59. The van der Waals surface area contributed by atoms with Gasteiger partial charge in [-0.3, -0.25) is 33.4 Å². The number of Topliss-reactive ketones (excluding diaryl/α,β-unsaturated/α-hetero) is 2. The lowest BCUT2D eigenvalue weighted by molar-refractivity contribution is -0.177. The van der Waals surface area contributed by atoms with Crippen LogP contribution in [0.15, 0.2) is 96.7 Å². The van der Waals surface area contributed by atoms with Gasteiger partial charge in [-0.2, -0.15) is 41.4 Å². The zero-order valence-corrected chi connectivity index (χ0v) is 92.6. The molecule has 810 valence electrons. The number of rotatable bonds is 43. The van der Waals surface area contributed by atoms with E-state index in [0.29, 0.717) is 110 Å². The molecular weight excluding hydrogens is 2070 g/mol. The predicted molar refractivity (Wildman–Crippen MR) is 545 cm³/mol. The average molecular weight is 2210 g/mol. The summed E-state index contributed by atoms with van der Waals surface area (Å²) < 4.78 is 162. The van der Waals surface area contributed by atoms with Crippen molar-refractivity contribution in [3.8, 4) is 81.4 Å². The smallest absolute Gasteiger partial charge is 0.344 e. The lowest BCUT2D eigenvalue weighted by Gasteiger charge is -2.21. The first-order chi connectivity index (χ1) is 70.2. The van der Waals surface area contributed by atoms with Crippen LogP contribution in [0.4, 0.5) is 17.6 Å². The Bertz CT molecular complexity index is 6030. The van der Waals surface area contributed by atoms with Crippen LogP contribution in [0, 0.1) is 131 Å². The Kier molecular flexibility index (Phi) is 59.4. The van der Waals surface area contributed by atoms with E-state index in [2.05, 4.69) is 32.5 Å². The van der Waals surface area contributed by atoms with Crippen molar-refractivity contribution in [1.29, 1.82) is 21.0 Å². The van der Waals surface area contributed by atoms with Crippen LogP contribution in [0.25, 0.3) is 34.1 Å². The summed E-state index contributed by atoms with van der Waals surface area (Å²) in [6.07, 6.45) is 3.70. The molecule has 0 spiro atoms. The monoisotopic (exact) mass is 2210 g/mol. The molecule has 5 aromatic heterocycles. The van der Waals surface area contributed by atoms with Gasteiger partial charge in [0, 0.05) is 150 Å². The molecule has 0 aliphatic carbocycles. The highest BCUT2D eigenvalue weighted by atomic mass is 127. The summed E-state index contributed by atoms with van der Waals surface area (Å²) in [6.45, 7) is 28.8. The molecule has 46 heteroatoms. The molecule has 0 N–H and O–H groups in total. The van der Waals surface area contributed by atoms with Gasteiger partial charge in [-0.25, -0.2) is 46.1 Å². The Hall–Kier alpha value is -13.0. The topological polar surface area (TPSA) is 477 Å². The van der Waals surface area contributed by atoms with Gasteiger partial charge in [0.15, 0.2) is 65.7 Å². The summed E-state index contributed by atoms with van der Waals surface area (Å²) in [7, 11) is 19.5. The van der Waals surface area contributed by atoms with E-state index >= 15 is 0 Å². The molecule has 0 bridgehead atoms. The van der Waals surface area contributed by atoms with Crippen LogP contribution in [0.5, 0.6) is 23.0 Å². The summed E-state index contributed by atoms with van der Waals surface area (Å²) >= 11 is 1.98. The van der Waals surface area contributed by atoms with Crippen LogP contribution >= 0.6 is 30.2 Å². The molecule has 40 nitrogen and oxygen atoms in total. The molecule has 148 heavy (non-hydrogen) atoms. The lowest BCUT2D eigenvalue weighted by atomic mass is 9.97. The minimum absolute atomic E-state index is 0.0129. The van der Waals surface area contributed by atoms with Crippen molar-refractivity contribution in [2.75, 3.05) is 133 Å². The molecule has 9 aromatic rings. The minimum atomic E-state index is -3.37. The lowest BCUT2D eigenvalue weighted by Crippen LogP contribution is -2.33. The molecule has 9 rings (SSSR count). The van der Waals surface area contributed by atoms with E-state index in [1.165, 1.54) is 132 Å². The number of methoxy groups -OCH3 is 12. The molecule has 0 radical (unpaired) electrons. The highest BCUT2D eigenvalue weighted by Crippen LogP contribution is 2.53. The summed E-state index contributed by atoms with van der Waals surface area (Å²) in [6, 6.07) is 27.6. The first-order valence-corrected chi connectivity index (χ1v) is 48.7. The van der Waals surface area contributed by atoms with E-state index in [-0.39, 0.29) is 120 Å². The maximum atomic E-state index is 14.6. The number of aryl methyl sites for hydroxylation is 6. The van der Waals surface area contributed by atoms with Crippen LogP contribution in [-0.2, 0) is 102 Å². The van der Waals surface area contributed by atoms with Crippen molar-refractivity contribution in [3.05, 3.63) is 186 Å². The number of carbonyl (C=O) groups is 7. The fourth-order valence-electron chi connectivity index (χ4n) is 13.3. The quantitative estimate of drug-likeness (QED) is 0.00327. The van der Waals surface area contributed by atoms with Crippen LogP contribution in [-0.4, -0.2) is 254 Å². The number of nitriles is 4. The zero-order valence-electron chi connectivity index (χ0n) is 89.5. The fraction of sp³-hybridized carbons (Fsp3) is 0.480. The molecule has 0 saturated heterocycles. The van der Waals surface area contributed by atoms with Gasteiger partial charge < -0.3 is 89.5 Å². The molecule has 5 heterocycles. The predicted octanol–water partition coefficient (Wildman–Crippen LogP) is 17.1. The minimum Gasteiger partial charge on any atom is -0.497 e. The first kappa shape index (κ1) is 131. The van der Waals surface area contributed by atoms with Crippen molar-refractivity contribution in [2.24, 2.45) is 30.7 Å². The molecule has 1 amide bonds. The number of nitrogens with zero attached hydrogens (tertiary/aromatic N) is 14. The van der Waals surface area contributed by atoms with Crippen molar-refractivity contribution in [1.82, 2.24) is 48.8 Å². The Morgan fingerprint density at radius 1 is 0.453 bits per heavy atom. The van der Waals surface area contributed by atoms with E-state index < -0.39 is 72.7 Å². The summed E-state index contributed by atoms with van der Waals surface area (Å²) in [5, 5.41) is 55.5. The number of hydrogen-bond acceptors (Lipinski definition) is 34. The Morgan fingerprint density at radius 3 is 1.13 bits per heavy atom. The van der Waals surface area contributed by atoms with Crippen LogP contribution < -0.4 is 18.9 Å². The van der Waals surface area contributed by atoms with Gasteiger partial charge >= 0.3 is 25.5 Å². The van der Waals surface area contributed by atoms with E-state index in [4.69, 9.17) is 90.2 Å². The fourth-order valence-corrected chi connectivity index (χ4v) is 15.8. The maximum absolute atomic E-state index is 14.6. The van der Waals surface area contributed by atoms with Gasteiger partial charge in [-0.05, 0) is 172 Å². The molecule has 0 aliphatic heterocycles. The number of aromatic nitrogens is 9. The highest BCUT2D eigenvalue weighted by Gasteiger charge is 2.39. The van der Waals surface area contributed by atoms with Crippen LogP contribution in [0.3, 0.4) is 0 Å². The number of amides is 1. The SMILES string of the molecule is CCOC(=O)/C(C)=C/C(OC)OC.CCOC(=O)C(C)CC(OC)OC.CCOC(=O)C(C)P(=O)(OCC)OCC.COC(CC(C)C(=O)N(C)OC)OC.COc1ccc(-n2nc(C)c(C#N)c2-c2c(C)ccn2C)c(F)c1.COc1ccc(-n2nc(C)c(C#N)c2C(=O)C(C)CC(OC)OC)c(F)c1.COc1ccc(-n2nc(C)c(C#N)c2C(=O)C(C)CC=O)c(F)c1.COc1ccc(-n2nc(C)c(C#N)c2I)c(F)c1. The number of benzene rings is 4. The molecule has 0 aliphatic rings. The summed E-state index contributed by atoms with van der Waals surface area (Å²) in [5.41, 5.74) is 5.60. The van der Waals surface area contributed by atoms with Crippen molar-refractivity contribution >= 4 is 71.9 Å². The van der Waals surface area contributed by atoms with E-state index in [0.717, 1.165) is 15.9 Å².